The van der Waals surface area contributed by atoms with E-state index < -0.39 is 0 Å². The average molecular weight is 394 g/mol. The molecule has 0 heterocycles. The Morgan fingerprint density at radius 3 is 2.10 bits per heavy atom. The highest BCUT2D eigenvalue weighted by atomic mass is 127. The van der Waals surface area contributed by atoms with E-state index in [0.29, 0.717) is 19.0 Å². The van der Waals surface area contributed by atoms with Crippen LogP contribution in [0.3, 0.4) is 0 Å². The van der Waals surface area contributed by atoms with E-state index in [0.717, 1.165) is 11.1 Å². The first-order valence-corrected chi connectivity index (χ1v) is 6.22. The van der Waals surface area contributed by atoms with Gasteiger partial charge in [-0.2, -0.15) is 0 Å². The average Bonchev–Trinajstić information content (AvgIpc) is 2.26. The SMILES string of the molecule is C=C(C)CNC(=NCC(=O)N(C)C)N(C)CC(=C)C.I. The van der Waals surface area contributed by atoms with Gasteiger partial charge in [-0.15, -0.1) is 24.0 Å². The fourth-order valence-corrected chi connectivity index (χ4v) is 1.31. The van der Waals surface area contributed by atoms with Crippen molar-refractivity contribution in [2.24, 2.45) is 4.99 Å². The molecule has 5 nitrogen and oxygen atoms in total. The molecular weight excluding hydrogens is 367 g/mol. The lowest BCUT2D eigenvalue weighted by Gasteiger charge is -2.23. The zero-order valence-electron chi connectivity index (χ0n) is 13.2. The van der Waals surface area contributed by atoms with Crippen molar-refractivity contribution < 1.29 is 4.79 Å². The summed E-state index contributed by atoms with van der Waals surface area (Å²) >= 11 is 0. The Bertz CT molecular complexity index is 377. The summed E-state index contributed by atoms with van der Waals surface area (Å²) in [5.74, 6) is 0.652. The highest BCUT2D eigenvalue weighted by Gasteiger charge is 2.08. The topological polar surface area (TPSA) is 47.9 Å². The summed E-state index contributed by atoms with van der Waals surface area (Å²) in [5.41, 5.74) is 2.04. The first kappa shape index (κ1) is 21.3. The number of likely N-dealkylation sites (N-methyl/N-ethyl adjacent to an activating group) is 2. The molecule has 0 aliphatic rings. The van der Waals surface area contributed by atoms with Crippen molar-refractivity contribution in [1.82, 2.24) is 15.1 Å². The minimum Gasteiger partial charge on any atom is -0.353 e. The molecule has 0 saturated carbocycles. The molecule has 1 amide bonds. The fourth-order valence-electron chi connectivity index (χ4n) is 1.31. The smallest absolute Gasteiger partial charge is 0.243 e. The van der Waals surface area contributed by atoms with E-state index in [4.69, 9.17) is 0 Å². The van der Waals surface area contributed by atoms with Gasteiger partial charge in [-0.05, 0) is 13.8 Å². The molecule has 0 rings (SSSR count). The van der Waals surface area contributed by atoms with Crippen LogP contribution in [0.4, 0.5) is 0 Å². The quantitative estimate of drug-likeness (QED) is 0.323. The van der Waals surface area contributed by atoms with Crippen LogP contribution in [0.15, 0.2) is 29.3 Å². The number of nitrogens with zero attached hydrogens (tertiary/aromatic N) is 3. The third-order valence-electron chi connectivity index (χ3n) is 2.28. The molecule has 0 aromatic carbocycles. The standard InChI is InChI=1S/C14H26N4O.HI/c1-11(2)8-15-14(18(7)10-12(3)4)16-9-13(19)17(5)6;/h1,3,8-10H2,2,4-7H3,(H,15,16);1H. The summed E-state index contributed by atoms with van der Waals surface area (Å²) in [7, 11) is 5.35. The predicted octanol–water partition coefficient (Wildman–Crippen LogP) is 1.72. The van der Waals surface area contributed by atoms with Gasteiger partial charge in [0.05, 0.1) is 0 Å². The fraction of sp³-hybridized carbons (Fsp3) is 0.571. The van der Waals surface area contributed by atoms with Gasteiger partial charge in [0.2, 0.25) is 5.91 Å². The van der Waals surface area contributed by atoms with Gasteiger partial charge >= 0.3 is 0 Å². The molecule has 0 aromatic rings. The Kier molecular flexibility index (Phi) is 11.4. The van der Waals surface area contributed by atoms with Crippen LogP contribution in [0.1, 0.15) is 13.8 Å². The summed E-state index contributed by atoms with van der Waals surface area (Å²) in [6.45, 7) is 13.1. The number of hydrogen-bond donors (Lipinski definition) is 1. The van der Waals surface area contributed by atoms with Gasteiger partial charge in [0.25, 0.3) is 0 Å². The van der Waals surface area contributed by atoms with E-state index in [9.17, 15) is 4.79 Å². The Morgan fingerprint density at radius 1 is 1.15 bits per heavy atom. The lowest BCUT2D eigenvalue weighted by Crippen LogP contribution is -2.41. The van der Waals surface area contributed by atoms with Crippen LogP contribution in [0.5, 0.6) is 0 Å². The van der Waals surface area contributed by atoms with Crippen LogP contribution < -0.4 is 5.32 Å². The molecule has 0 spiro atoms. The maximum atomic E-state index is 11.6. The Hall–Kier alpha value is -1.05. The second-order valence-electron chi connectivity index (χ2n) is 5.05. The van der Waals surface area contributed by atoms with Crippen LogP contribution in [0, 0.1) is 0 Å². The Morgan fingerprint density at radius 2 is 1.70 bits per heavy atom. The second kappa shape index (κ2) is 10.7. The largest absolute Gasteiger partial charge is 0.353 e. The molecule has 0 atom stereocenters. The van der Waals surface area contributed by atoms with E-state index >= 15 is 0 Å². The number of guanidine groups is 1. The van der Waals surface area contributed by atoms with Crippen LogP contribution in [-0.2, 0) is 4.79 Å². The molecule has 0 radical (unpaired) electrons. The lowest BCUT2D eigenvalue weighted by molar-refractivity contribution is -0.127. The molecule has 0 bridgehead atoms. The van der Waals surface area contributed by atoms with Crippen molar-refractivity contribution in [3.63, 3.8) is 0 Å². The highest BCUT2D eigenvalue weighted by Crippen LogP contribution is 1.95. The molecular formula is C14H27IN4O. The van der Waals surface area contributed by atoms with Crippen LogP contribution in [-0.4, -0.2) is 62.4 Å². The van der Waals surface area contributed by atoms with Gasteiger partial charge < -0.3 is 15.1 Å². The van der Waals surface area contributed by atoms with E-state index in [-0.39, 0.29) is 36.4 Å². The first-order chi connectivity index (χ1) is 8.73. The number of carbonyl (C=O) groups is 1. The maximum absolute atomic E-state index is 11.6. The number of halogens is 1. The number of nitrogens with one attached hydrogen (secondary N) is 1. The summed E-state index contributed by atoms with van der Waals surface area (Å²) in [4.78, 5) is 19.4. The molecule has 0 unspecified atom stereocenters. The summed E-state index contributed by atoms with van der Waals surface area (Å²) in [6, 6.07) is 0. The number of amides is 1. The van der Waals surface area contributed by atoms with Gasteiger partial charge in [-0.25, -0.2) is 4.99 Å². The van der Waals surface area contributed by atoms with Gasteiger partial charge in [-0.3, -0.25) is 4.79 Å². The summed E-state index contributed by atoms with van der Waals surface area (Å²) in [6.07, 6.45) is 0. The van der Waals surface area contributed by atoms with Crippen molar-refractivity contribution in [1.29, 1.82) is 0 Å². The molecule has 0 aliphatic carbocycles. The lowest BCUT2D eigenvalue weighted by atomic mass is 10.3. The predicted molar refractivity (Wildman–Crippen MR) is 96.7 cm³/mol. The number of hydrogen-bond acceptors (Lipinski definition) is 2. The van der Waals surface area contributed by atoms with Gasteiger partial charge in [0.1, 0.15) is 6.54 Å². The molecule has 0 aliphatic heterocycles. The molecule has 6 heteroatoms. The molecule has 20 heavy (non-hydrogen) atoms. The van der Waals surface area contributed by atoms with Gasteiger partial charge in [0.15, 0.2) is 5.96 Å². The van der Waals surface area contributed by atoms with Crippen molar-refractivity contribution in [2.45, 2.75) is 13.8 Å². The molecule has 1 N–H and O–H groups in total. The maximum Gasteiger partial charge on any atom is 0.243 e. The van der Waals surface area contributed by atoms with Gasteiger partial charge in [0, 0.05) is 34.2 Å². The van der Waals surface area contributed by atoms with Crippen LogP contribution in [0.25, 0.3) is 0 Å². The monoisotopic (exact) mass is 394 g/mol. The number of rotatable bonds is 6. The summed E-state index contributed by atoms with van der Waals surface area (Å²) in [5, 5.41) is 3.18. The highest BCUT2D eigenvalue weighted by molar-refractivity contribution is 14.0. The third-order valence-corrected chi connectivity index (χ3v) is 2.28. The third kappa shape index (κ3) is 9.82. The zero-order valence-corrected chi connectivity index (χ0v) is 15.5. The van der Waals surface area contributed by atoms with Crippen molar-refractivity contribution in [3.05, 3.63) is 24.3 Å². The first-order valence-electron chi connectivity index (χ1n) is 6.22. The van der Waals surface area contributed by atoms with E-state index in [2.05, 4.69) is 23.5 Å². The Labute approximate surface area is 139 Å². The molecule has 0 saturated heterocycles. The zero-order chi connectivity index (χ0) is 15.0. The molecule has 0 fully saturated rings. The summed E-state index contributed by atoms with van der Waals surface area (Å²) < 4.78 is 0. The van der Waals surface area contributed by atoms with Crippen LogP contribution >= 0.6 is 24.0 Å². The molecule has 0 aromatic heterocycles. The Balaban J connectivity index is 0. The normalized spacial score (nSPS) is 10.3. The van der Waals surface area contributed by atoms with Crippen molar-refractivity contribution >= 4 is 35.8 Å². The van der Waals surface area contributed by atoms with Gasteiger partial charge in [-0.1, -0.05) is 24.3 Å². The number of aliphatic imine (C=N–C) groups is 1. The van der Waals surface area contributed by atoms with E-state index in [1.807, 2.05) is 25.8 Å². The minimum absolute atomic E-state index is 0. The minimum atomic E-state index is -0.0293. The van der Waals surface area contributed by atoms with E-state index in [1.54, 1.807) is 14.1 Å². The van der Waals surface area contributed by atoms with E-state index in [1.165, 1.54) is 4.90 Å². The van der Waals surface area contributed by atoms with Crippen LogP contribution in [0.2, 0.25) is 0 Å². The van der Waals surface area contributed by atoms with Crippen molar-refractivity contribution in [3.8, 4) is 0 Å². The second-order valence-corrected chi connectivity index (χ2v) is 5.05. The van der Waals surface area contributed by atoms with Crippen molar-refractivity contribution in [2.75, 3.05) is 40.8 Å². The molecule has 116 valence electrons. The number of carbonyl (C=O) groups excluding carboxylic acids is 1.